The SMILES string of the molecule is CCNc1ncn(CC2CC2)c2nc(C(C)C)nc1-2. The van der Waals surface area contributed by atoms with Crippen LogP contribution in [0.15, 0.2) is 6.33 Å². The van der Waals surface area contributed by atoms with Crippen molar-refractivity contribution in [1.82, 2.24) is 19.5 Å². The fourth-order valence-corrected chi connectivity index (χ4v) is 2.22. The van der Waals surface area contributed by atoms with E-state index in [0.717, 1.165) is 42.2 Å². The minimum Gasteiger partial charge on any atom is -0.368 e. The molecule has 0 unspecified atom stereocenters. The summed E-state index contributed by atoms with van der Waals surface area (Å²) in [5.74, 6) is 3.88. The van der Waals surface area contributed by atoms with Crippen LogP contribution in [-0.2, 0) is 6.54 Å². The summed E-state index contributed by atoms with van der Waals surface area (Å²) in [6.45, 7) is 8.18. The molecule has 0 bridgehead atoms. The van der Waals surface area contributed by atoms with Gasteiger partial charge in [-0.05, 0) is 25.7 Å². The number of hydrogen-bond donors (Lipinski definition) is 1. The summed E-state index contributed by atoms with van der Waals surface area (Å²) in [5.41, 5.74) is 0.911. The minimum absolute atomic E-state index is 0.344. The monoisotopic (exact) mass is 259 g/mol. The molecule has 0 atom stereocenters. The second-order valence-corrected chi connectivity index (χ2v) is 5.63. The maximum Gasteiger partial charge on any atom is 0.165 e. The van der Waals surface area contributed by atoms with Crippen LogP contribution in [0, 0.1) is 5.92 Å². The molecule has 3 aliphatic rings. The third-order valence-electron chi connectivity index (χ3n) is 3.49. The number of nitrogens with zero attached hydrogens (tertiary/aromatic N) is 4. The second-order valence-electron chi connectivity index (χ2n) is 5.63. The Morgan fingerprint density at radius 1 is 1.37 bits per heavy atom. The highest BCUT2D eigenvalue weighted by Gasteiger charge is 2.26. The molecule has 102 valence electrons. The van der Waals surface area contributed by atoms with E-state index in [9.17, 15) is 0 Å². The lowest BCUT2D eigenvalue weighted by Crippen LogP contribution is -2.10. The summed E-state index contributed by atoms with van der Waals surface area (Å²) in [6, 6.07) is 0. The minimum atomic E-state index is 0.344. The summed E-state index contributed by atoms with van der Waals surface area (Å²) >= 11 is 0. The third kappa shape index (κ3) is 2.41. The predicted octanol–water partition coefficient (Wildman–Crippen LogP) is 2.74. The van der Waals surface area contributed by atoms with E-state index in [2.05, 4.69) is 40.6 Å². The molecule has 19 heavy (non-hydrogen) atoms. The van der Waals surface area contributed by atoms with E-state index in [0.29, 0.717) is 5.92 Å². The topological polar surface area (TPSA) is 55.6 Å². The molecule has 0 aromatic heterocycles. The van der Waals surface area contributed by atoms with Crippen LogP contribution in [0.25, 0.3) is 11.5 Å². The summed E-state index contributed by atoms with van der Waals surface area (Å²) in [7, 11) is 0. The first-order valence-electron chi connectivity index (χ1n) is 7.15. The summed E-state index contributed by atoms with van der Waals surface area (Å²) < 4.78 is 2.16. The van der Waals surface area contributed by atoms with Crippen molar-refractivity contribution < 1.29 is 0 Å². The van der Waals surface area contributed by atoms with Crippen molar-refractivity contribution in [2.24, 2.45) is 5.92 Å². The Hall–Kier alpha value is -1.65. The van der Waals surface area contributed by atoms with E-state index in [1.54, 1.807) is 0 Å². The first kappa shape index (κ1) is 12.4. The molecule has 2 heterocycles. The van der Waals surface area contributed by atoms with Crippen LogP contribution >= 0.6 is 0 Å². The summed E-state index contributed by atoms with van der Waals surface area (Å²) in [4.78, 5) is 13.9. The second kappa shape index (κ2) is 4.79. The van der Waals surface area contributed by atoms with E-state index in [4.69, 9.17) is 4.98 Å². The molecular weight excluding hydrogens is 238 g/mol. The van der Waals surface area contributed by atoms with Gasteiger partial charge >= 0.3 is 0 Å². The Labute approximate surface area is 113 Å². The Balaban J connectivity index is 2.04. The van der Waals surface area contributed by atoms with Crippen molar-refractivity contribution in [2.45, 2.75) is 46.1 Å². The lowest BCUT2D eigenvalue weighted by molar-refractivity contribution is 0.611. The van der Waals surface area contributed by atoms with Crippen LogP contribution in [0.4, 0.5) is 5.82 Å². The lowest BCUT2D eigenvalue weighted by atomic mass is 10.2. The molecule has 5 nitrogen and oxygen atoms in total. The van der Waals surface area contributed by atoms with Gasteiger partial charge in [0.1, 0.15) is 5.82 Å². The molecule has 0 radical (unpaired) electrons. The summed E-state index contributed by atoms with van der Waals surface area (Å²) in [5, 5.41) is 3.27. The lowest BCUT2D eigenvalue weighted by Gasteiger charge is -2.12. The first-order chi connectivity index (χ1) is 9.19. The highest BCUT2D eigenvalue weighted by molar-refractivity contribution is 5.67. The number of rotatable bonds is 5. The molecule has 1 aliphatic carbocycles. The number of fused-ring (bicyclic) bond motifs is 1. The molecular formula is C14H21N5. The van der Waals surface area contributed by atoms with Gasteiger partial charge in [-0.2, -0.15) is 0 Å². The molecule has 2 aliphatic heterocycles. The first-order valence-corrected chi connectivity index (χ1v) is 7.15. The standard InChI is InChI=1S/C14H21N5/c1-4-15-13-11-14(18-12(17-11)9(2)3)19(8-16-13)7-10-5-6-10/h8-10,15H,4-7H2,1-3H3. The number of nitrogens with one attached hydrogen (secondary N) is 1. The average Bonchev–Trinajstić information content (AvgIpc) is 3.06. The zero-order valence-electron chi connectivity index (χ0n) is 11.8. The van der Waals surface area contributed by atoms with E-state index in [1.165, 1.54) is 12.8 Å². The predicted molar refractivity (Wildman–Crippen MR) is 75.4 cm³/mol. The quantitative estimate of drug-likeness (QED) is 0.897. The van der Waals surface area contributed by atoms with E-state index in [1.807, 2.05) is 6.33 Å². The van der Waals surface area contributed by atoms with Crippen LogP contribution in [0.2, 0.25) is 0 Å². The maximum atomic E-state index is 4.71. The Bertz CT molecular complexity index is 541. The maximum absolute atomic E-state index is 4.71. The smallest absolute Gasteiger partial charge is 0.165 e. The van der Waals surface area contributed by atoms with E-state index < -0.39 is 0 Å². The van der Waals surface area contributed by atoms with E-state index in [-0.39, 0.29) is 0 Å². The van der Waals surface area contributed by atoms with Crippen molar-refractivity contribution in [2.75, 3.05) is 11.9 Å². The normalized spacial score (nSPS) is 15.4. The van der Waals surface area contributed by atoms with Crippen molar-refractivity contribution in [3.05, 3.63) is 12.2 Å². The molecule has 0 aromatic rings. The molecule has 0 aromatic carbocycles. The fraction of sp³-hybridized carbons (Fsp3) is 0.643. The van der Waals surface area contributed by atoms with Crippen LogP contribution in [0.5, 0.6) is 0 Å². The van der Waals surface area contributed by atoms with Gasteiger partial charge in [-0.1, -0.05) is 13.8 Å². The number of imidazole rings is 1. The molecule has 5 heteroatoms. The van der Waals surface area contributed by atoms with E-state index >= 15 is 0 Å². The van der Waals surface area contributed by atoms with Gasteiger partial charge in [-0.15, -0.1) is 0 Å². The van der Waals surface area contributed by atoms with Crippen LogP contribution < -0.4 is 5.32 Å². The van der Waals surface area contributed by atoms with Gasteiger partial charge in [0.25, 0.3) is 0 Å². The number of aromatic nitrogens is 4. The van der Waals surface area contributed by atoms with Crippen molar-refractivity contribution in [3.63, 3.8) is 0 Å². The van der Waals surface area contributed by atoms with Crippen LogP contribution in [-0.4, -0.2) is 26.1 Å². The average molecular weight is 259 g/mol. The Morgan fingerprint density at radius 2 is 2.16 bits per heavy atom. The molecule has 1 saturated carbocycles. The molecule has 3 rings (SSSR count). The molecule has 0 amide bonds. The Morgan fingerprint density at radius 3 is 2.79 bits per heavy atom. The van der Waals surface area contributed by atoms with Gasteiger partial charge in [0, 0.05) is 19.0 Å². The molecule has 0 spiro atoms. The number of anilines is 1. The van der Waals surface area contributed by atoms with Gasteiger partial charge in [0.15, 0.2) is 17.3 Å². The molecule has 0 saturated heterocycles. The zero-order valence-corrected chi connectivity index (χ0v) is 11.8. The van der Waals surface area contributed by atoms with Crippen molar-refractivity contribution in [1.29, 1.82) is 0 Å². The Kier molecular flexibility index (Phi) is 3.12. The van der Waals surface area contributed by atoms with Crippen LogP contribution in [0.1, 0.15) is 45.4 Å². The van der Waals surface area contributed by atoms with Gasteiger partial charge in [0.2, 0.25) is 0 Å². The van der Waals surface area contributed by atoms with Gasteiger partial charge in [-0.25, -0.2) is 15.0 Å². The molecule has 1 fully saturated rings. The molecule has 1 N–H and O–H groups in total. The van der Waals surface area contributed by atoms with Gasteiger partial charge in [0.05, 0.1) is 6.33 Å². The van der Waals surface area contributed by atoms with Gasteiger partial charge in [-0.3, -0.25) is 0 Å². The van der Waals surface area contributed by atoms with Crippen LogP contribution in [0.3, 0.4) is 0 Å². The summed E-state index contributed by atoms with van der Waals surface area (Å²) in [6.07, 6.45) is 4.56. The zero-order chi connectivity index (χ0) is 13.4. The largest absolute Gasteiger partial charge is 0.368 e. The number of hydrogen-bond acceptors (Lipinski definition) is 4. The van der Waals surface area contributed by atoms with Crippen molar-refractivity contribution >= 4 is 5.82 Å². The van der Waals surface area contributed by atoms with Crippen molar-refractivity contribution in [3.8, 4) is 11.5 Å². The van der Waals surface area contributed by atoms with Gasteiger partial charge < -0.3 is 9.88 Å². The third-order valence-corrected chi connectivity index (χ3v) is 3.49. The fourth-order valence-electron chi connectivity index (χ4n) is 2.22. The highest BCUT2D eigenvalue weighted by atomic mass is 15.2. The highest BCUT2D eigenvalue weighted by Crippen LogP contribution is 2.34.